The van der Waals surface area contributed by atoms with Crippen LogP contribution in [-0.4, -0.2) is 208 Å². The highest BCUT2D eigenvalue weighted by molar-refractivity contribution is 6.78. The molecule has 0 bridgehead atoms. The number of primary amides is 2. The molecule has 2 aromatic heterocycles. The van der Waals surface area contributed by atoms with Crippen LogP contribution in [0.2, 0.25) is 5.54 Å². The van der Waals surface area contributed by atoms with E-state index in [0.29, 0.717) is 41.4 Å². The molecule has 2 aliphatic rings. The van der Waals surface area contributed by atoms with Crippen molar-refractivity contribution in [3.63, 3.8) is 0 Å². The number of nitrogens with two attached hydrogens (primary N) is 5. The third kappa shape index (κ3) is 22.1. The molecule has 0 spiro atoms. The molecular formula is C61H89N19O15Si. The lowest BCUT2D eigenvalue weighted by Crippen LogP contribution is -2.60. The first-order valence-corrected chi connectivity index (χ1v) is 32.6. The first kappa shape index (κ1) is 76.8. The Labute approximate surface area is 555 Å². The zero-order valence-corrected chi connectivity index (χ0v) is 55.4. The molecule has 522 valence electrons. The van der Waals surface area contributed by atoms with E-state index in [1.54, 1.807) is 64.4 Å². The highest BCUT2D eigenvalue weighted by Gasteiger charge is 2.46. The number of amides is 11. The summed E-state index contributed by atoms with van der Waals surface area (Å²) in [6.45, 7) is 6.94. The number of benzene rings is 1. The highest BCUT2D eigenvalue weighted by Crippen LogP contribution is 2.32. The molecule has 1 aliphatic carbocycles. The molecule has 11 amide bonds. The van der Waals surface area contributed by atoms with Crippen LogP contribution in [0.15, 0.2) is 59.9 Å². The van der Waals surface area contributed by atoms with Crippen molar-refractivity contribution in [3.05, 3.63) is 66.1 Å². The van der Waals surface area contributed by atoms with Gasteiger partial charge in [-0.1, -0.05) is 82.2 Å². The van der Waals surface area contributed by atoms with E-state index in [1.807, 2.05) is 18.2 Å². The maximum atomic E-state index is 15.5. The maximum absolute atomic E-state index is 15.5. The molecule has 2 radical (unpaired) electrons. The van der Waals surface area contributed by atoms with Gasteiger partial charge in [0.15, 0.2) is 5.96 Å². The number of nitrogens with zero attached hydrogens (tertiary/aromatic N) is 5. The van der Waals surface area contributed by atoms with Crippen molar-refractivity contribution in [1.29, 1.82) is 0 Å². The van der Waals surface area contributed by atoms with Crippen molar-refractivity contribution < 1.29 is 72.5 Å². The average molecular weight is 1360 g/mol. The standard InChI is InChI=1S/C61H89N19O15Si/c1-7-30(3)49(75-52(87)37(62)17-13-21-68-61(65)66)58(93)73-41(24-46(63)82)60(95)96-45(25-47(64)83)57(92)76-50(31(4)8-2)59(94)79-27-35(80-28-42(77-78-80)33-14-9-10-15-33)23-44(79)56(91)72-40(22-34-26-69-38-18-12-11-16-36(34)38)54(89)74-43(29-81)55(90)71-39(19-20-48(84)85)53(88)70-32(5)51(86)67-6/h9-12,14,16,18,26,28,30-32,35,37,39-41,43-45,49-50,69,81H,7-8,13,15,17,19-25,27,29,62H2,1-6H3,(H2,63,82)(H2,64,83)(H,67,86)(H,70,88)(H,71,90)(H,72,91)(H,73,93)(H,74,89)(H,75,87)(H,76,92)(H,84,85)(H4,65,66,68)/t30?,31?,32-,35-,37-,39-,40-,41-,43-,44?,45-,49-,50-/m0/s1. The Kier molecular flexibility index (Phi) is 29.3. The van der Waals surface area contributed by atoms with Gasteiger partial charge >= 0.3 is 5.97 Å². The predicted molar refractivity (Wildman–Crippen MR) is 349 cm³/mol. The van der Waals surface area contributed by atoms with E-state index in [1.165, 1.54) is 23.6 Å². The molecule has 5 rings (SSSR count). The number of carboxylic acids is 1. The third-order valence-corrected chi connectivity index (χ3v) is 18.1. The van der Waals surface area contributed by atoms with Crippen LogP contribution in [0.25, 0.3) is 16.5 Å². The van der Waals surface area contributed by atoms with Gasteiger partial charge in [-0.15, -0.1) is 5.10 Å². The minimum atomic E-state index is -1.83. The smallest absolute Gasteiger partial charge is 0.303 e. The molecule has 3 heterocycles. The Bertz CT molecular complexity index is 3420. The molecule has 1 fully saturated rings. The topological polar surface area (TPSA) is 551 Å². The van der Waals surface area contributed by atoms with Crippen LogP contribution < -0.4 is 71.2 Å². The molecule has 1 aliphatic heterocycles. The summed E-state index contributed by atoms with van der Waals surface area (Å²) >= 11 is 0. The number of likely N-dealkylation sites (N-methyl/N-ethyl adjacent to an activating group) is 1. The lowest BCUT2D eigenvalue weighted by Gasteiger charge is -2.33. The van der Waals surface area contributed by atoms with Crippen molar-refractivity contribution in [2.75, 3.05) is 26.7 Å². The lowest BCUT2D eigenvalue weighted by atomic mass is 9.97. The Morgan fingerprint density at radius 1 is 0.750 bits per heavy atom. The molecule has 3 aromatic rings. The van der Waals surface area contributed by atoms with Crippen molar-refractivity contribution in [1.82, 2.24) is 67.4 Å². The van der Waals surface area contributed by atoms with E-state index < -0.39 is 196 Å². The number of aromatic nitrogens is 4. The molecule has 96 heavy (non-hydrogen) atoms. The molecule has 35 heteroatoms. The fraction of sp³-hybridized carbons (Fsp3) is 0.541. The van der Waals surface area contributed by atoms with Gasteiger partial charge in [0.1, 0.15) is 62.9 Å². The number of para-hydroxylation sites is 1. The Balaban J connectivity index is 1.47. The second-order valence-electron chi connectivity index (χ2n) is 23.8. The summed E-state index contributed by atoms with van der Waals surface area (Å²) < 4.78 is 1.48. The summed E-state index contributed by atoms with van der Waals surface area (Å²) in [6.07, 6.45) is 7.35. The normalized spacial score (nSPS) is 17.6. The van der Waals surface area contributed by atoms with Gasteiger partial charge in [0.05, 0.1) is 37.4 Å². The SMILES string of the molecule is CCC(C)[C@H](NC(=O)[C@@H](N)CCCN=C(N)N)C(=O)N[C@@H](CC(N)=O)C(=O)[Si][C@@H](CC(N)=O)C(=O)N[C@H](C(=O)N1C[C@@H](n2cc(C3=CC=CC3)nn2)CC1C(=O)N[C@@H](Cc1c[nH]c2ccccc12)C(=O)N[C@@H](CO)C(=O)N[C@@H](CCC(=O)O)C(=O)N[C@@H](C)C(=O)NC)C(C)CC. The maximum Gasteiger partial charge on any atom is 0.303 e. The monoisotopic (exact) mass is 1360 g/mol. The number of fused-ring (bicyclic) bond motifs is 1. The van der Waals surface area contributed by atoms with Gasteiger partial charge in [-0.25, -0.2) is 4.68 Å². The molecule has 3 unspecified atom stereocenters. The summed E-state index contributed by atoms with van der Waals surface area (Å²) in [5.74, 6) is -13.0. The summed E-state index contributed by atoms with van der Waals surface area (Å²) in [5.41, 5.74) is 29.0. The first-order valence-electron chi connectivity index (χ1n) is 31.5. The van der Waals surface area contributed by atoms with Crippen LogP contribution in [0.4, 0.5) is 0 Å². The fourth-order valence-electron chi connectivity index (χ4n) is 10.7. The number of allylic oxidation sites excluding steroid dienone is 4. The average Bonchev–Trinajstić information content (AvgIpc) is 1.62. The number of nitrogens with one attached hydrogen (secondary N) is 9. The summed E-state index contributed by atoms with van der Waals surface area (Å²) in [5, 5.41) is 48.5. The number of guanidine groups is 1. The fourth-order valence-corrected chi connectivity index (χ4v) is 11.9. The number of aliphatic hydroxyl groups excluding tert-OH is 1. The van der Waals surface area contributed by atoms with Gasteiger partial charge in [0.2, 0.25) is 65.0 Å². The minimum Gasteiger partial charge on any atom is -0.481 e. The number of aliphatic imine (C=N–C) groups is 1. The van der Waals surface area contributed by atoms with Crippen molar-refractivity contribution in [2.45, 2.75) is 171 Å². The van der Waals surface area contributed by atoms with Crippen LogP contribution in [0, 0.1) is 11.8 Å². The van der Waals surface area contributed by atoms with Crippen molar-refractivity contribution >= 4 is 108 Å². The number of aliphatic carboxylic acids is 1. The van der Waals surface area contributed by atoms with Crippen LogP contribution in [0.1, 0.15) is 116 Å². The van der Waals surface area contributed by atoms with Crippen LogP contribution in [0.3, 0.4) is 0 Å². The number of hydrogen-bond donors (Lipinski definition) is 16. The molecule has 34 nitrogen and oxygen atoms in total. The van der Waals surface area contributed by atoms with Gasteiger partial charge in [-0.3, -0.25) is 62.5 Å². The molecule has 1 saturated heterocycles. The number of hydrogen-bond acceptors (Lipinski definition) is 18. The van der Waals surface area contributed by atoms with Crippen molar-refractivity contribution in [3.8, 4) is 0 Å². The number of rotatable bonds is 39. The zero-order valence-electron chi connectivity index (χ0n) is 54.4. The van der Waals surface area contributed by atoms with E-state index in [2.05, 4.69) is 62.8 Å². The molecular weight excluding hydrogens is 1270 g/mol. The number of aromatic amines is 1. The molecule has 21 N–H and O–H groups in total. The lowest BCUT2D eigenvalue weighted by molar-refractivity contribution is -0.143. The van der Waals surface area contributed by atoms with Gasteiger partial charge in [-0.2, -0.15) is 0 Å². The second kappa shape index (κ2) is 36.7. The van der Waals surface area contributed by atoms with Crippen LogP contribution >= 0.6 is 0 Å². The molecule has 1 aromatic carbocycles. The Hall–Kier alpha value is -9.90. The first-order chi connectivity index (χ1) is 45.5. The summed E-state index contributed by atoms with van der Waals surface area (Å²) in [6, 6.07) is -6.96. The number of carbonyl (C=O) groups excluding carboxylic acids is 12. The number of carbonyl (C=O) groups is 13. The quantitative estimate of drug-likeness (QED) is 0.0111. The summed E-state index contributed by atoms with van der Waals surface area (Å²) in [4.78, 5) is 186. The van der Waals surface area contributed by atoms with E-state index in [0.717, 1.165) is 5.57 Å². The van der Waals surface area contributed by atoms with Gasteiger partial charge in [0.25, 0.3) is 0 Å². The number of H-pyrrole nitrogens is 1. The number of carboxylic acid groups (broad SMARTS) is 1. The zero-order chi connectivity index (χ0) is 71.1. The summed E-state index contributed by atoms with van der Waals surface area (Å²) in [7, 11) is 0.126. The molecule has 0 saturated carbocycles. The number of likely N-dealkylation sites (tertiary alicyclic amines) is 1. The second-order valence-corrected chi connectivity index (χ2v) is 25.3. The van der Waals surface area contributed by atoms with E-state index >= 15 is 9.59 Å². The van der Waals surface area contributed by atoms with E-state index in [-0.39, 0.29) is 44.7 Å². The number of aliphatic hydroxyl groups is 1. The highest BCUT2D eigenvalue weighted by atomic mass is 28.2. The van der Waals surface area contributed by atoms with Crippen LogP contribution in [-0.2, 0) is 68.7 Å². The van der Waals surface area contributed by atoms with Crippen molar-refractivity contribution in [2.24, 2.45) is 45.5 Å². The van der Waals surface area contributed by atoms with Gasteiger partial charge in [0, 0.05) is 68.5 Å². The largest absolute Gasteiger partial charge is 0.481 e. The van der Waals surface area contributed by atoms with E-state index in [9.17, 15) is 63.0 Å². The van der Waals surface area contributed by atoms with Gasteiger partial charge in [-0.05, 0) is 61.6 Å². The molecule has 13 atom stereocenters. The minimum absolute atomic E-state index is 0.133. The predicted octanol–water partition coefficient (Wildman–Crippen LogP) is -4.25. The third-order valence-electron chi connectivity index (χ3n) is 16.6. The Morgan fingerprint density at radius 3 is 2.01 bits per heavy atom. The Morgan fingerprint density at radius 2 is 1.39 bits per heavy atom. The van der Waals surface area contributed by atoms with Crippen LogP contribution in [0.5, 0.6) is 0 Å². The van der Waals surface area contributed by atoms with E-state index in [4.69, 9.17) is 28.7 Å². The van der Waals surface area contributed by atoms with Gasteiger partial charge < -0.3 is 96.1 Å².